The van der Waals surface area contributed by atoms with E-state index in [0.29, 0.717) is 11.5 Å². The Bertz CT molecular complexity index is 801. The van der Waals surface area contributed by atoms with Crippen molar-refractivity contribution in [3.8, 4) is 34.4 Å². The van der Waals surface area contributed by atoms with Gasteiger partial charge in [0, 0.05) is 37.1 Å². The highest BCUT2D eigenvalue weighted by atomic mass is 16.5. The fraction of sp³-hybridized carbons (Fsp3) is 0.133. The summed E-state index contributed by atoms with van der Waals surface area (Å²) in [6, 6.07) is 5.10. The predicted octanol–water partition coefficient (Wildman–Crippen LogP) is 2.38. The first-order valence-corrected chi connectivity index (χ1v) is 6.51. The van der Waals surface area contributed by atoms with Gasteiger partial charge in [-0.3, -0.25) is 9.67 Å². The molecule has 3 aromatic rings. The second-order valence-corrected chi connectivity index (χ2v) is 4.58. The first-order chi connectivity index (χ1) is 10.7. The van der Waals surface area contributed by atoms with Crippen LogP contribution in [0.5, 0.6) is 23.1 Å². The van der Waals surface area contributed by atoms with Gasteiger partial charge in [-0.15, -0.1) is 0 Å². The van der Waals surface area contributed by atoms with Crippen LogP contribution in [-0.4, -0.2) is 32.0 Å². The van der Waals surface area contributed by atoms with Gasteiger partial charge in [-0.1, -0.05) is 0 Å². The first kappa shape index (κ1) is 13.9. The van der Waals surface area contributed by atoms with Crippen LogP contribution in [0.2, 0.25) is 0 Å². The van der Waals surface area contributed by atoms with Crippen molar-refractivity contribution in [2.24, 2.45) is 7.05 Å². The Morgan fingerprint density at radius 3 is 2.73 bits per heavy atom. The minimum Gasteiger partial charge on any atom is -0.491 e. The van der Waals surface area contributed by atoms with Crippen molar-refractivity contribution >= 4 is 0 Å². The second kappa shape index (κ2) is 5.72. The lowest BCUT2D eigenvalue weighted by Gasteiger charge is -2.08. The van der Waals surface area contributed by atoms with E-state index < -0.39 is 0 Å². The summed E-state index contributed by atoms with van der Waals surface area (Å²) in [5, 5.41) is 13.6. The smallest absolute Gasteiger partial charge is 0.254 e. The van der Waals surface area contributed by atoms with Crippen molar-refractivity contribution in [3.05, 3.63) is 43.0 Å². The maximum absolute atomic E-state index is 9.49. The Labute approximate surface area is 126 Å². The lowest BCUT2D eigenvalue weighted by atomic mass is 10.2. The SMILES string of the molecule is COc1cc(Oc2ccnc(-c3cnn(C)c3)c2)cnc1O. The van der Waals surface area contributed by atoms with Gasteiger partial charge < -0.3 is 14.6 Å². The summed E-state index contributed by atoms with van der Waals surface area (Å²) >= 11 is 0. The van der Waals surface area contributed by atoms with Gasteiger partial charge in [0.15, 0.2) is 5.75 Å². The van der Waals surface area contributed by atoms with E-state index in [-0.39, 0.29) is 11.6 Å². The average molecular weight is 298 g/mol. The highest BCUT2D eigenvalue weighted by molar-refractivity contribution is 5.58. The molecule has 0 bridgehead atoms. The van der Waals surface area contributed by atoms with E-state index in [1.165, 1.54) is 13.3 Å². The van der Waals surface area contributed by atoms with E-state index in [1.807, 2.05) is 13.2 Å². The molecule has 0 aromatic carbocycles. The van der Waals surface area contributed by atoms with Crippen LogP contribution in [0, 0.1) is 0 Å². The topological polar surface area (TPSA) is 82.3 Å². The quantitative estimate of drug-likeness (QED) is 0.796. The van der Waals surface area contributed by atoms with Gasteiger partial charge in [-0.25, -0.2) is 4.98 Å². The van der Waals surface area contributed by atoms with Crippen LogP contribution in [0.3, 0.4) is 0 Å². The fourth-order valence-corrected chi connectivity index (χ4v) is 1.95. The van der Waals surface area contributed by atoms with Crippen LogP contribution < -0.4 is 9.47 Å². The Morgan fingerprint density at radius 2 is 2.00 bits per heavy atom. The van der Waals surface area contributed by atoms with Crippen molar-refractivity contribution in [3.63, 3.8) is 0 Å². The summed E-state index contributed by atoms with van der Waals surface area (Å²) < 4.78 is 12.4. The number of methoxy groups -OCH3 is 1. The number of pyridine rings is 2. The molecule has 0 amide bonds. The molecular weight excluding hydrogens is 284 g/mol. The number of ether oxygens (including phenoxy) is 2. The molecule has 0 spiro atoms. The van der Waals surface area contributed by atoms with Gasteiger partial charge in [0.2, 0.25) is 0 Å². The molecule has 0 radical (unpaired) electrons. The number of aromatic nitrogens is 4. The van der Waals surface area contributed by atoms with Gasteiger partial charge >= 0.3 is 0 Å². The van der Waals surface area contributed by atoms with Crippen LogP contribution in [0.1, 0.15) is 0 Å². The maximum atomic E-state index is 9.49. The standard InChI is InChI=1S/C15H14N4O3/c1-19-9-10(7-18-19)13-5-11(3-4-16-13)22-12-6-14(21-2)15(20)17-8-12/h3-9H,1-2H3,(H,17,20). The molecule has 0 aliphatic carbocycles. The predicted molar refractivity (Wildman–Crippen MR) is 79.0 cm³/mol. The van der Waals surface area contributed by atoms with Crippen LogP contribution in [0.25, 0.3) is 11.3 Å². The zero-order chi connectivity index (χ0) is 15.5. The van der Waals surface area contributed by atoms with E-state index in [2.05, 4.69) is 15.1 Å². The monoisotopic (exact) mass is 298 g/mol. The number of rotatable bonds is 4. The summed E-state index contributed by atoms with van der Waals surface area (Å²) in [4.78, 5) is 8.11. The van der Waals surface area contributed by atoms with E-state index in [4.69, 9.17) is 9.47 Å². The Kier molecular flexibility index (Phi) is 3.61. The zero-order valence-corrected chi connectivity index (χ0v) is 12.1. The molecule has 0 atom stereocenters. The third-order valence-electron chi connectivity index (χ3n) is 3.00. The van der Waals surface area contributed by atoms with Gasteiger partial charge in [0.25, 0.3) is 5.88 Å². The highest BCUT2D eigenvalue weighted by Crippen LogP contribution is 2.30. The molecule has 3 heterocycles. The molecular formula is C15H14N4O3. The van der Waals surface area contributed by atoms with Gasteiger partial charge in [-0.05, 0) is 6.07 Å². The third kappa shape index (κ3) is 2.83. The van der Waals surface area contributed by atoms with Gasteiger partial charge in [0.1, 0.15) is 11.5 Å². The van der Waals surface area contributed by atoms with E-state index in [0.717, 1.165) is 11.3 Å². The number of hydrogen-bond donors (Lipinski definition) is 1. The third-order valence-corrected chi connectivity index (χ3v) is 3.00. The van der Waals surface area contributed by atoms with Gasteiger partial charge in [-0.2, -0.15) is 5.10 Å². The summed E-state index contributed by atoms with van der Waals surface area (Å²) in [7, 11) is 3.30. The van der Waals surface area contributed by atoms with Crippen LogP contribution in [0.4, 0.5) is 0 Å². The lowest BCUT2D eigenvalue weighted by molar-refractivity contribution is 0.358. The zero-order valence-electron chi connectivity index (χ0n) is 12.1. The maximum Gasteiger partial charge on any atom is 0.254 e. The van der Waals surface area contributed by atoms with Crippen molar-refractivity contribution < 1.29 is 14.6 Å². The molecule has 0 saturated carbocycles. The summed E-state index contributed by atoms with van der Waals surface area (Å²) in [6.45, 7) is 0. The summed E-state index contributed by atoms with van der Waals surface area (Å²) in [5.41, 5.74) is 1.65. The second-order valence-electron chi connectivity index (χ2n) is 4.58. The van der Waals surface area contributed by atoms with E-state index >= 15 is 0 Å². The molecule has 0 unspecified atom stereocenters. The largest absolute Gasteiger partial charge is 0.491 e. The Morgan fingerprint density at radius 1 is 1.14 bits per heavy atom. The lowest BCUT2D eigenvalue weighted by Crippen LogP contribution is -1.91. The summed E-state index contributed by atoms with van der Waals surface area (Å²) in [6.07, 6.45) is 6.68. The van der Waals surface area contributed by atoms with Crippen LogP contribution >= 0.6 is 0 Å². The fourth-order valence-electron chi connectivity index (χ4n) is 1.95. The average Bonchev–Trinajstić information content (AvgIpc) is 2.96. The molecule has 0 aliphatic heterocycles. The normalized spacial score (nSPS) is 10.5. The molecule has 3 aromatic heterocycles. The molecule has 7 heteroatoms. The molecule has 112 valence electrons. The number of nitrogens with zero attached hydrogens (tertiary/aromatic N) is 4. The van der Waals surface area contributed by atoms with Crippen molar-refractivity contribution in [1.29, 1.82) is 0 Å². The minimum atomic E-state index is -0.180. The van der Waals surface area contributed by atoms with E-state index in [1.54, 1.807) is 35.3 Å². The van der Waals surface area contributed by atoms with Gasteiger partial charge in [0.05, 0.1) is 25.2 Å². The summed E-state index contributed by atoms with van der Waals surface area (Å²) in [5.74, 6) is 1.13. The number of aromatic hydroxyl groups is 1. The van der Waals surface area contributed by atoms with Crippen molar-refractivity contribution in [2.75, 3.05) is 7.11 Å². The van der Waals surface area contributed by atoms with Crippen LogP contribution in [-0.2, 0) is 7.05 Å². The molecule has 0 saturated heterocycles. The molecule has 0 fully saturated rings. The minimum absolute atomic E-state index is 0.180. The Hall–Kier alpha value is -3.09. The van der Waals surface area contributed by atoms with E-state index in [9.17, 15) is 5.11 Å². The number of aryl methyl sites for hydroxylation is 1. The molecule has 0 aliphatic rings. The molecule has 3 rings (SSSR count). The van der Waals surface area contributed by atoms with Crippen molar-refractivity contribution in [2.45, 2.75) is 0 Å². The highest BCUT2D eigenvalue weighted by Gasteiger charge is 2.08. The van der Waals surface area contributed by atoms with Crippen molar-refractivity contribution in [1.82, 2.24) is 19.7 Å². The Balaban J connectivity index is 1.87. The molecule has 7 nitrogen and oxygen atoms in total. The first-order valence-electron chi connectivity index (χ1n) is 6.51. The number of hydrogen-bond acceptors (Lipinski definition) is 6. The van der Waals surface area contributed by atoms with Crippen LogP contribution in [0.15, 0.2) is 43.0 Å². The molecule has 1 N–H and O–H groups in total. The molecule has 22 heavy (non-hydrogen) atoms.